The van der Waals surface area contributed by atoms with Crippen LogP contribution in [0.5, 0.6) is 11.6 Å². The lowest BCUT2D eigenvalue weighted by atomic mass is 10.0. The molecule has 1 saturated carbocycles. The largest absolute Gasteiger partial charge is 0.436 e. The van der Waals surface area contributed by atoms with Crippen molar-refractivity contribution >= 4 is 35.0 Å². The van der Waals surface area contributed by atoms with Gasteiger partial charge < -0.3 is 20.5 Å². The number of carbonyl (C=O) groups is 3. The zero-order valence-corrected chi connectivity index (χ0v) is 20.8. The molecule has 3 aromatic rings. The Morgan fingerprint density at radius 3 is 2.40 bits per heavy atom. The first-order valence-electron chi connectivity index (χ1n) is 12.2. The number of primary amides is 1. The lowest BCUT2D eigenvalue weighted by Gasteiger charge is -2.37. The van der Waals surface area contributed by atoms with E-state index in [4.69, 9.17) is 15.6 Å². The number of carbonyl (C=O) groups excluding carboxylic acids is 3. The smallest absolute Gasteiger partial charge is 0.323 e. The van der Waals surface area contributed by atoms with Gasteiger partial charge in [0, 0.05) is 49.5 Å². The molecule has 1 aromatic heterocycles. The Hall–Kier alpha value is -4.72. The van der Waals surface area contributed by atoms with E-state index in [-0.39, 0.29) is 42.8 Å². The highest BCUT2D eigenvalue weighted by atomic mass is 19.1. The predicted molar refractivity (Wildman–Crippen MR) is 134 cm³/mol. The topological polar surface area (TPSA) is 151 Å². The summed E-state index contributed by atoms with van der Waals surface area (Å²) in [6.45, 7) is 0.731. The number of aliphatic hydroxyl groups is 1. The number of aromatic nitrogens is 2. The van der Waals surface area contributed by atoms with Gasteiger partial charge in [-0.25, -0.2) is 27.9 Å². The van der Waals surface area contributed by atoms with Crippen LogP contribution in [-0.4, -0.2) is 57.5 Å². The van der Waals surface area contributed by atoms with E-state index in [0.29, 0.717) is 25.2 Å². The van der Waals surface area contributed by atoms with Crippen molar-refractivity contribution in [1.29, 1.82) is 0 Å². The van der Waals surface area contributed by atoms with E-state index < -0.39 is 52.1 Å². The van der Waals surface area contributed by atoms with Crippen molar-refractivity contribution in [3.8, 4) is 11.6 Å². The zero-order valence-electron chi connectivity index (χ0n) is 20.8. The molecule has 1 aliphatic heterocycles. The summed E-state index contributed by atoms with van der Waals surface area (Å²) in [5.41, 5.74) is 3.30. The van der Waals surface area contributed by atoms with Crippen LogP contribution in [0.1, 0.15) is 12.8 Å². The molecule has 1 aliphatic carbocycles. The van der Waals surface area contributed by atoms with Gasteiger partial charge in [-0.05, 0) is 37.1 Å². The molecule has 4 N–H and O–H groups in total. The second kappa shape index (κ2) is 10.4. The van der Waals surface area contributed by atoms with Crippen LogP contribution in [0.15, 0.2) is 48.8 Å². The second-order valence-electron chi connectivity index (χ2n) is 9.52. The van der Waals surface area contributed by atoms with E-state index in [1.165, 1.54) is 23.1 Å². The van der Waals surface area contributed by atoms with Crippen molar-refractivity contribution < 1.29 is 37.4 Å². The molecular formula is C26H23F3N6O5. The van der Waals surface area contributed by atoms with Gasteiger partial charge in [0.05, 0.1) is 5.69 Å². The van der Waals surface area contributed by atoms with Crippen molar-refractivity contribution in [2.45, 2.75) is 12.8 Å². The number of hydrogen-bond donors (Lipinski definition) is 3. The first-order chi connectivity index (χ1) is 19.1. The van der Waals surface area contributed by atoms with Crippen LogP contribution in [0.25, 0.3) is 0 Å². The molecular weight excluding hydrogens is 533 g/mol. The fraction of sp³-hybridized carbons (Fsp3) is 0.269. The van der Waals surface area contributed by atoms with Crippen molar-refractivity contribution in [2.75, 3.05) is 29.9 Å². The van der Waals surface area contributed by atoms with Crippen LogP contribution >= 0.6 is 0 Å². The number of benzene rings is 2. The van der Waals surface area contributed by atoms with Gasteiger partial charge in [0.1, 0.15) is 23.4 Å². The van der Waals surface area contributed by atoms with E-state index in [2.05, 4.69) is 15.3 Å². The molecule has 0 radical (unpaired) electrons. The molecule has 5 rings (SSSR count). The fourth-order valence-corrected chi connectivity index (χ4v) is 4.24. The summed E-state index contributed by atoms with van der Waals surface area (Å²) in [5, 5.41) is 11.6. The molecule has 0 atom stereocenters. The Kier molecular flexibility index (Phi) is 7.02. The summed E-state index contributed by atoms with van der Waals surface area (Å²) in [5.74, 6) is -5.33. The van der Waals surface area contributed by atoms with Crippen LogP contribution in [0.3, 0.4) is 0 Å². The Bertz CT molecular complexity index is 1480. The molecule has 14 heteroatoms. The van der Waals surface area contributed by atoms with Crippen molar-refractivity contribution in [3.63, 3.8) is 0 Å². The molecule has 4 amide bonds. The number of likely N-dealkylation sites (tertiary alicyclic amines) is 1. The maximum atomic E-state index is 15.4. The number of urea groups is 1. The van der Waals surface area contributed by atoms with Crippen molar-refractivity contribution in [2.24, 2.45) is 17.1 Å². The molecule has 1 saturated heterocycles. The molecule has 0 bridgehead atoms. The zero-order chi connectivity index (χ0) is 28.6. The van der Waals surface area contributed by atoms with Crippen LogP contribution in [0, 0.1) is 28.8 Å². The first-order valence-corrected chi connectivity index (χ1v) is 12.2. The van der Waals surface area contributed by atoms with Gasteiger partial charge in [-0.1, -0.05) is 0 Å². The number of halogens is 3. The normalized spacial score (nSPS) is 15.7. The van der Waals surface area contributed by atoms with Crippen LogP contribution < -0.4 is 20.7 Å². The molecule has 2 fully saturated rings. The third kappa shape index (κ3) is 5.12. The second-order valence-corrected chi connectivity index (χ2v) is 9.52. The summed E-state index contributed by atoms with van der Waals surface area (Å²) < 4.78 is 49.6. The van der Waals surface area contributed by atoms with Gasteiger partial charge in [0.25, 0.3) is 0 Å². The van der Waals surface area contributed by atoms with Gasteiger partial charge in [-0.3, -0.25) is 19.8 Å². The average Bonchev–Trinajstić information content (AvgIpc) is 3.70. The van der Waals surface area contributed by atoms with Crippen molar-refractivity contribution in [3.05, 3.63) is 66.2 Å². The first kappa shape index (κ1) is 26.9. The number of anilines is 3. The third-order valence-corrected chi connectivity index (χ3v) is 6.76. The summed E-state index contributed by atoms with van der Waals surface area (Å²) in [7, 11) is 0. The Morgan fingerprint density at radius 1 is 1.07 bits per heavy atom. The van der Waals surface area contributed by atoms with Gasteiger partial charge in [-0.15, -0.1) is 0 Å². The van der Waals surface area contributed by atoms with E-state index in [0.717, 1.165) is 23.4 Å². The molecule has 40 heavy (non-hydrogen) atoms. The molecule has 208 valence electrons. The third-order valence-electron chi connectivity index (χ3n) is 6.76. The SMILES string of the molecule is NC(=O)C1(C(=O)N(c2ccc(F)cc2)c2cc(F)c(Oc3cc(NC(=O)N4CC(CO)C4)ncn3)cc2F)CC1. The summed E-state index contributed by atoms with van der Waals surface area (Å²) in [6, 6.07) is 6.56. The van der Waals surface area contributed by atoms with Crippen molar-refractivity contribution in [1.82, 2.24) is 14.9 Å². The minimum absolute atomic E-state index is 0.00501. The van der Waals surface area contributed by atoms with Crippen LogP contribution in [0.2, 0.25) is 0 Å². The number of nitrogens with one attached hydrogen (secondary N) is 1. The summed E-state index contributed by atoms with van der Waals surface area (Å²) in [6.07, 6.45) is 1.32. The van der Waals surface area contributed by atoms with Crippen LogP contribution in [0.4, 0.5) is 35.2 Å². The van der Waals surface area contributed by atoms with Gasteiger partial charge in [0.15, 0.2) is 17.4 Å². The summed E-state index contributed by atoms with van der Waals surface area (Å²) in [4.78, 5) is 47.7. The molecule has 2 heterocycles. The highest BCUT2D eigenvalue weighted by Crippen LogP contribution is 2.49. The van der Waals surface area contributed by atoms with E-state index in [9.17, 15) is 18.8 Å². The fourth-order valence-electron chi connectivity index (χ4n) is 4.24. The number of hydrogen-bond acceptors (Lipinski definition) is 7. The van der Waals surface area contributed by atoms with E-state index in [1.54, 1.807) is 0 Å². The van der Waals surface area contributed by atoms with Gasteiger partial charge in [-0.2, -0.15) is 0 Å². The maximum absolute atomic E-state index is 15.4. The van der Waals surface area contributed by atoms with Crippen LogP contribution in [-0.2, 0) is 9.59 Å². The molecule has 2 aromatic carbocycles. The Balaban J connectivity index is 1.39. The molecule has 11 nitrogen and oxygen atoms in total. The average molecular weight is 557 g/mol. The Labute approximate surface area is 225 Å². The predicted octanol–water partition coefficient (Wildman–Crippen LogP) is 3.07. The standard InChI is InChI=1S/C26H23F3N6O5/c27-15-1-3-16(4-2-15)35(24(38)26(5-6-26)23(30)37)19-7-18(29)20(8-17(19)28)40-22-9-21(31-13-32-22)33-25(39)34-10-14(11-34)12-36/h1-4,7-9,13-14,36H,5-6,10-12H2,(H2,30,37)(H,31,32,33,39). The highest BCUT2D eigenvalue weighted by Gasteiger charge is 2.57. The molecule has 2 aliphatic rings. The Morgan fingerprint density at radius 2 is 1.77 bits per heavy atom. The van der Waals surface area contributed by atoms with E-state index in [1.807, 2.05) is 0 Å². The molecule has 0 spiro atoms. The lowest BCUT2D eigenvalue weighted by molar-refractivity contribution is -0.133. The number of amides is 4. The quantitative estimate of drug-likeness (QED) is 0.361. The summed E-state index contributed by atoms with van der Waals surface area (Å²) >= 11 is 0. The molecule has 0 unspecified atom stereocenters. The van der Waals surface area contributed by atoms with Gasteiger partial charge in [0.2, 0.25) is 17.7 Å². The number of ether oxygens (including phenoxy) is 1. The highest BCUT2D eigenvalue weighted by molar-refractivity contribution is 6.16. The maximum Gasteiger partial charge on any atom is 0.323 e. The monoisotopic (exact) mass is 556 g/mol. The minimum Gasteiger partial charge on any atom is -0.436 e. The minimum atomic E-state index is -1.58. The number of rotatable bonds is 8. The van der Waals surface area contributed by atoms with E-state index >= 15 is 8.78 Å². The number of aliphatic hydroxyl groups excluding tert-OH is 1. The lowest BCUT2D eigenvalue weighted by Crippen LogP contribution is -2.52. The number of nitrogens with two attached hydrogens (primary N) is 1. The van der Waals surface area contributed by atoms with Gasteiger partial charge >= 0.3 is 6.03 Å². The number of nitrogens with zero attached hydrogens (tertiary/aromatic N) is 4.